The Hall–Kier alpha value is -1.29. The number of rotatable bonds is 5. The molecule has 0 atom stereocenters. The highest BCUT2D eigenvalue weighted by atomic mass is 16.5. The summed E-state index contributed by atoms with van der Waals surface area (Å²) in [6.07, 6.45) is 2.21. The average molecular weight is 235 g/mol. The van der Waals surface area contributed by atoms with E-state index in [-0.39, 0.29) is 5.54 Å². The molecule has 94 valence electrons. The van der Waals surface area contributed by atoms with Crippen LogP contribution in [-0.2, 0) is 0 Å². The third-order valence-electron chi connectivity index (χ3n) is 3.08. The summed E-state index contributed by atoms with van der Waals surface area (Å²) in [5.74, 6) is 1.66. The first-order chi connectivity index (χ1) is 8.17. The lowest BCUT2D eigenvalue weighted by molar-refractivity contribution is 0.301. The van der Waals surface area contributed by atoms with E-state index in [0.717, 1.165) is 31.7 Å². The van der Waals surface area contributed by atoms with Crippen LogP contribution < -0.4 is 15.4 Å². The van der Waals surface area contributed by atoms with Gasteiger partial charge in [0.15, 0.2) is 0 Å². The normalized spacial score (nSPS) is 17.7. The van der Waals surface area contributed by atoms with Gasteiger partial charge in [-0.2, -0.15) is 4.98 Å². The SMILES string of the molecule is CCCC1(N)CN(c2cccc(OCC)n2)C1. The topological polar surface area (TPSA) is 51.4 Å². The first kappa shape index (κ1) is 12.2. The summed E-state index contributed by atoms with van der Waals surface area (Å²) in [4.78, 5) is 6.66. The Kier molecular flexibility index (Phi) is 3.52. The highest BCUT2D eigenvalue weighted by Crippen LogP contribution is 2.28. The molecule has 0 bridgehead atoms. The molecule has 0 spiro atoms. The van der Waals surface area contributed by atoms with Gasteiger partial charge in [0.1, 0.15) is 5.82 Å². The lowest BCUT2D eigenvalue weighted by Gasteiger charge is -2.48. The van der Waals surface area contributed by atoms with E-state index in [1.165, 1.54) is 0 Å². The maximum absolute atomic E-state index is 6.24. The van der Waals surface area contributed by atoms with E-state index in [2.05, 4.69) is 16.8 Å². The highest BCUT2D eigenvalue weighted by Gasteiger charge is 2.39. The summed E-state index contributed by atoms with van der Waals surface area (Å²) in [5.41, 5.74) is 6.22. The summed E-state index contributed by atoms with van der Waals surface area (Å²) in [6.45, 7) is 6.56. The monoisotopic (exact) mass is 235 g/mol. The number of nitrogens with two attached hydrogens (primary N) is 1. The molecule has 0 saturated carbocycles. The minimum atomic E-state index is -0.0158. The predicted octanol–water partition coefficient (Wildman–Crippen LogP) is 1.80. The Morgan fingerprint density at radius 3 is 2.82 bits per heavy atom. The molecule has 0 aliphatic carbocycles. The van der Waals surface area contributed by atoms with Crippen LogP contribution in [0.15, 0.2) is 18.2 Å². The Bertz CT molecular complexity index is 375. The molecule has 1 aromatic heterocycles. The van der Waals surface area contributed by atoms with Crippen LogP contribution in [0.25, 0.3) is 0 Å². The number of pyridine rings is 1. The summed E-state index contributed by atoms with van der Waals surface area (Å²) < 4.78 is 5.40. The third-order valence-corrected chi connectivity index (χ3v) is 3.08. The van der Waals surface area contributed by atoms with Crippen LogP contribution in [0.3, 0.4) is 0 Å². The molecule has 2 rings (SSSR count). The zero-order valence-corrected chi connectivity index (χ0v) is 10.6. The standard InChI is InChI=1S/C13H21N3O/c1-3-8-13(14)9-16(10-13)11-6-5-7-12(15-11)17-4-2/h5-7H,3-4,8-10,14H2,1-2H3. The fraction of sp³-hybridized carbons (Fsp3) is 0.615. The maximum Gasteiger partial charge on any atom is 0.215 e. The van der Waals surface area contributed by atoms with Crippen molar-refractivity contribution in [1.82, 2.24) is 4.98 Å². The van der Waals surface area contributed by atoms with Gasteiger partial charge in [0, 0.05) is 19.2 Å². The molecule has 1 aromatic rings. The molecule has 0 amide bonds. The van der Waals surface area contributed by atoms with Gasteiger partial charge in [-0.25, -0.2) is 0 Å². The van der Waals surface area contributed by atoms with Gasteiger partial charge < -0.3 is 15.4 Å². The maximum atomic E-state index is 6.24. The number of hydrogen-bond acceptors (Lipinski definition) is 4. The van der Waals surface area contributed by atoms with E-state index in [0.29, 0.717) is 12.5 Å². The Morgan fingerprint density at radius 2 is 2.18 bits per heavy atom. The molecule has 2 heterocycles. The van der Waals surface area contributed by atoms with E-state index in [1.54, 1.807) is 0 Å². The van der Waals surface area contributed by atoms with Crippen molar-refractivity contribution in [1.29, 1.82) is 0 Å². The molecular weight excluding hydrogens is 214 g/mol. The second-order valence-corrected chi connectivity index (χ2v) is 4.74. The van der Waals surface area contributed by atoms with Crippen molar-refractivity contribution in [2.24, 2.45) is 5.73 Å². The molecule has 1 fully saturated rings. The predicted molar refractivity (Wildman–Crippen MR) is 69.4 cm³/mol. The van der Waals surface area contributed by atoms with Crippen LogP contribution in [0.1, 0.15) is 26.7 Å². The number of aromatic nitrogens is 1. The van der Waals surface area contributed by atoms with Gasteiger partial charge in [-0.05, 0) is 19.4 Å². The molecule has 1 aliphatic heterocycles. The fourth-order valence-corrected chi connectivity index (χ4v) is 2.34. The molecule has 2 N–H and O–H groups in total. The average Bonchev–Trinajstić information content (AvgIpc) is 2.27. The van der Waals surface area contributed by atoms with Gasteiger partial charge in [0.2, 0.25) is 5.88 Å². The van der Waals surface area contributed by atoms with E-state index < -0.39 is 0 Å². The summed E-state index contributed by atoms with van der Waals surface area (Å²) in [7, 11) is 0. The smallest absolute Gasteiger partial charge is 0.215 e. The van der Waals surface area contributed by atoms with E-state index in [9.17, 15) is 0 Å². The van der Waals surface area contributed by atoms with Crippen molar-refractivity contribution in [3.05, 3.63) is 18.2 Å². The van der Waals surface area contributed by atoms with Crippen molar-refractivity contribution in [2.45, 2.75) is 32.2 Å². The van der Waals surface area contributed by atoms with Gasteiger partial charge in [0.05, 0.1) is 12.1 Å². The number of anilines is 1. The molecule has 17 heavy (non-hydrogen) atoms. The second-order valence-electron chi connectivity index (χ2n) is 4.74. The van der Waals surface area contributed by atoms with Crippen molar-refractivity contribution in [3.63, 3.8) is 0 Å². The molecule has 1 aliphatic rings. The van der Waals surface area contributed by atoms with E-state index in [1.807, 2.05) is 25.1 Å². The second kappa shape index (κ2) is 4.92. The fourth-order valence-electron chi connectivity index (χ4n) is 2.34. The minimum absolute atomic E-state index is 0.0158. The Morgan fingerprint density at radius 1 is 1.41 bits per heavy atom. The van der Waals surface area contributed by atoms with Crippen molar-refractivity contribution in [2.75, 3.05) is 24.6 Å². The van der Waals surface area contributed by atoms with Crippen LogP contribution in [0.2, 0.25) is 0 Å². The minimum Gasteiger partial charge on any atom is -0.478 e. The molecule has 0 unspecified atom stereocenters. The first-order valence-electron chi connectivity index (χ1n) is 6.30. The van der Waals surface area contributed by atoms with Crippen molar-refractivity contribution >= 4 is 5.82 Å². The first-order valence-corrected chi connectivity index (χ1v) is 6.30. The van der Waals surface area contributed by atoms with Gasteiger partial charge in [-0.1, -0.05) is 19.4 Å². The quantitative estimate of drug-likeness (QED) is 0.845. The molecular formula is C13H21N3O. The van der Waals surface area contributed by atoms with Gasteiger partial charge >= 0.3 is 0 Å². The number of nitrogens with zero attached hydrogens (tertiary/aromatic N) is 2. The summed E-state index contributed by atoms with van der Waals surface area (Å²) in [6, 6.07) is 5.87. The van der Waals surface area contributed by atoms with Crippen LogP contribution in [0.5, 0.6) is 5.88 Å². The zero-order valence-electron chi connectivity index (χ0n) is 10.6. The zero-order chi connectivity index (χ0) is 12.3. The highest BCUT2D eigenvalue weighted by molar-refractivity contribution is 5.46. The lowest BCUT2D eigenvalue weighted by Crippen LogP contribution is -2.67. The third kappa shape index (κ3) is 2.69. The van der Waals surface area contributed by atoms with Gasteiger partial charge in [-0.3, -0.25) is 0 Å². The lowest BCUT2D eigenvalue weighted by atomic mass is 9.86. The van der Waals surface area contributed by atoms with Crippen LogP contribution in [-0.4, -0.2) is 30.2 Å². The molecule has 4 nitrogen and oxygen atoms in total. The van der Waals surface area contributed by atoms with Crippen molar-refractivity contribution < 1.29 is 4.74 Å². The molecule has 0 radical (unpaired) electrons. The number of ether oxygens (including phenoxy) is 1. The molecule has 0 aromatic carbocycles. The van der Waals surface area contributed by atoms with Gasteiger partial charge in [0.25, 0.3) is 0 Å². The largest absolute Gasteiger partial charge is 0.478 e. The van der Waals surface area contributed by atoms with Gasteiger partial charge in [-0.15, -0.1) is 0 Å². The van der Waals surface area contributed by atoms with Crippen LogP contribution in [0.4, 0.5) is 5.82 Å². The molecule has 4 heteroatoms. The summed E-state index contributed by atoms with van der Waals surface area (Å²) in [5, 5.41) is 0. The van der Waals surface area contributed by atoms with E-state index >= 15 is 0 Å². The van der Waals surface area contributed by atoms with E-state index in [4.69, 9.17) is 10.5 Å². The Labute approximate surface area is 103 Å². The number of hydrogen-bond donors (Lipinski definition) is 1. The Balaban J connectivity index is 1.98. The van der Waals surface area contributed by atoms with Crippen molar-refractivity contribution in [3.8, 4) is 5.88 Å². The van der Waals surface area contributed by atoms with Crippen LogP contribution >= 0.6 is 0 Å². The summed E-state index contributed by atoms with van der Waals surface area (Å²) >= 11 is 0. The molecule has 1 saturated heterocycles. The van der Waals surface area contributed by atoms with Crippen LogP contribution in [0, 0.1) is 0 Å².